The summed E-state index contributed by atoms with van der Waals surface area (Å²) in [5.41, 5.74) is 0. The smallest absolute Gasteiger partial charge is 0.316 e. The molecular formula is C11H18N2O6. The van der Waals surface area contributed by atoms with E-state index in [2.05, 4.69) is 0 Å². The van der Waals surface area contributed by atoms with Gasteiger partial charge in [-0.25, -0.2) is 0 Å². The molecule has 108 valence electrons. The molecule has 1 fully saturated rings. The van der Waals surface area contributed by atoms with Crippen molar-refractivity contribution in [2.24, 2.45) is 5.92 Å². The Morgan fingerprint density at radius 3 is 2.58 bits per heavy atom. The third-order valence-electron chi connectivity index (χ3n) is 2.77. The summed E-state index contributed by atoms with van der Waals surface area (Å²) in [6.45, 7) is 2.97. The topological polar surface area (TPSA) is 99.0 Å². The van der Waals surface area contributed by atoms with Gasteiger partial charge in [0.2, 0.25) is 12.5 Å². The molecule has 19 heavy (non-hydrogen) atoms. The lowest BCUT2D eigenvalue weighted by Crippen LogP contribution is -2.42. The van der Waals surface area contributed by atoms with Gasteiger partial charge in [-0.15, -0.1) is 0 Å². The number of ether oxygens (including phenoxy) is 2. The molecule has 1 heterocycles. The number of nitro groups is 1. The van der Waals surface area contributed by atoms with E-state index in [4.69, 9.17) is 9.47 Å². The number of carbonyl (C=O) groups is 2. The van der Waals surface area contributed by atoms with E-state index in [0.29, 0.717) is 26.3 Å². The number of hydrogen-bond donors (Lipinski definition) is 0. The van der Waals surface area contributed by atoms with Crippen molar-refractivity contribution in [3.63, 3.8) is 0 Å². The number of carbonyl (C=O) groups excluding carboxylic acids is 2. The van der Waals surface area contributed by atoms with Crippen LogP contribution in [0.5, 0.6) is 0 Å². The van der Waals surface area contributed by atoms with E-state index in [0.717, 1.165) is 0 Å². The summed E-state index contributed by atoms with van der Waals surface area (Å²) in [5, 5.41) is 10.5. The first-order valence-electron chi connectivity index (χ1n) is 6.18. The van der Waals surface area contributed by atoms with Gasteiger partial charge >= 0.3 is 5.97 Å². The molecule has 0 bridgehead atoms. The molecular weight excluding hydrogens is 256 g/mol. The number of nitrogens with zero attached hydrogens (tertiary/aromatic N) is 2. The minimum absolute atomic E-state index is 0.138. The van der Waals surface area contributed by atoms with Gasteiger partial charge in [-0.1, -0.05) is 0 Å². The van der Waals surface area contributed by atoms with Crippen molar-refractivity contribution >= 4 is 11.9 Å². The van der Waals surface area contributed by atoms with Crippen LogP contribution in [0.1, 0.15) is 13.3 Å². The van der Waals surface area contributed by atoms with Crippen molar-refractivity contribution in [3.8, 4) is 0 Å². The lowest BCUT2D eigenvalue weighted by atomic mass is 10.0. The van der Waals surface area contributed by atoms with Crippen molar-refractivity contribution in [2.45, 2.75) is 13.3 Å². The van der Waals surface area contributed by atoms with E-state index in [9.17, 15) is 19.7 Å². The Labute approximate surface area is 110 Å². The molecule has 0 aromatic carbocycles. The van der Waals surface area contributed by atoms with E-state index < -0.39 is 23.4 Å². The van der Waals surface area contributed by atoms with Crippen LogP contribution in [0.15, 0.2) is 0 Å². The second-order valence-electron chi connectivity index (χ2n) is 4.16. The van der Waals surface area contributed by atoms with Crippen LogP contribution in [0.25, 0.3) is 0 Å². The Hall–Kier alpha value is -1.70. The van der Waals surface area contributed by atoms with Gasteiger partial charge < -0.3 is 14.4 Å². The Bertz CT molecular complexity index is 340. The summed E-state index contributed by atoms with van der Waals surface area (Å²) in [7, 11) is 0. The van der Waals surface area contributed by atoms with E-state index in [1.54, 1.807) is 11.8 Å². The summed E-state index contributed by atoms with van der Waals surface area (Å²) < 4.78 is 9.87. The van der Waals surface area contributed by atoms with Gasteiger partial charge in [0.25, 0.3) is 0 Å². The van der Waals surface area contributed by atoms with E-state index in [-0.39, 0.29) is 18.9 Å². The third-order valence-corrected chi connectivity index (χ3v) is 2.77. The molecule has 8 heteroatoms. The molecule has 0 aliphatic carbocycles. The highest BCUT2D eigenvalue weighted by atomic mass is 16.6. The number of amides is 1. The SMILES string of the molecule is CCOC(=O)[C@@H](CC(=O)N1CCOCC1)C[N+](=O)[O-]. The lowest BCUT2D eigenvalue weighted by Gasteiger charge is -2.27. The fraction of sp³-hybridized carbons (Fsp3) is 0.818. The highest BCUT2D eigenvalue weighted by Crippen LogP contribution is 2.11. The van der Waals surface area contributed by atoms with Crippen LogP contribution in [-0.2, 0) is 19.1 Å². The minimum atomic E-state index is -1.02. The Morgan fingerprint density at radius 2 is 2.05 bits per heavy atom. The van der Waals surface area contributed by atoms with Gasteiger partial charge in [-0.2, -0.15) is 0 Å². The molecule has 1 aliphatic rings. The van der Waals surface area contributed by atoms with Gasteiger partial charge in [0.15, 0.2) is 0 Å². The Morgan fingerprint density at radius 1 is 1.42 bits per heavy atom. The zero-order chi connectivity index (χ0) is 14.3. The standard InChI is InChI=1S/C11H18N2O6/c1-2-19-11(15)9(8-13(16)17)7-10(14)12-3-5-18-6-4-12/h9H,2-8H2,1H3/t9-/m0/s1. The third kappa shape index (κ3) is 5.21. The van der Waals surface area contributed by atoms with Crippen LogP contribution in [0, 0.1) is 16.0 Å². The average Bonchev–Trinajstić information content (AvgIpc) is 2.38. The summed E-state index contributed by atoms with van der Waals surface area (Å²) in [4.78, 5) is 35.0. The number of rotatable bonds is 6. The predicted molar refractivity (Wildman–Crippen MR) is 64.0 cm³/mol. The first-order chi connectivity index (χ1) is 9.04. The normalized spacial score (nSPS) is 16.8. The van der Waals surface area contributed by atoms with E-state index in [1.807, 2.05) is 0 Å². The van der Waals surface area contributed by atoms with Gasteiger partial charge in [0.1, 0.15) is 5.92 Å². The minimum Gasteiger partial charge on any atom is -0.466 e. The molecule has 0 aromatic heterocycles. The molecule has 0 saturated carbocycles. The second-order valence-corrected chi connectivity index (χ2v) is 4.16. The van der Waals surface area contributed by atoms with Crippen LogP contribution in [-0.4, -0.2) is 61.2 Å². The van der Waals surface area contributed by atoms with Crippen molar-refractivity contribution in [2.75, 3.05) is 39.5 Å². The summed E-state index contributed by atoms with van der Waals surface area (Å²) in [6, 6.07) is 0. The quantitative estimate of drug-likeness (QED) is 0.374. The zero-order valence-corrected chi connectivity index (χ0v) is 10.9. The number of hydrogen-bond acceptors (Lipinski definition) is 6. The average molecular weight is 274 g/mol. The number of esters is 1. The van der Waals surface area contributed by atoms with E-state index in [1.165, 1.54) is 0 Å². The summed E-state index contributed by atoms with van der Waals surface area (Å²) >= 11 is 0. The van der Waals surface area contributed by atoms with Gasteiger partial charge in [0, 0.05) is 24.4 Å². The van der Waals surface area contributed by atoms with Gasteiger partial charge in [-0.3, -0.25) is 19.7 Å². The van der Waals surface area contributed by atoms with Crippen LogP contribution in [0.2, 0.25) is 0 Å². The maximum atomic E-state index is 11.9. The highest BCUT2D eigenvalue weighted by Gasteiger charge is 2.30. The molecule has 8 nitrogen and oxygen atoms in total. The molecule has 1 amide bonds. The largest absolute Gasteiger partial charge is 0.466 e. The Balaban J connectivity index is 2.56. The highest BCUT2D eigenvalue weighted by molar-refractivity contribution is 5.83. The van der Waals surface area contributed by atoms with Crippen molar-refractivity contribution < 1.29 is 24.0 Å². The molecule has 1 rings (SSSR count). The molecule has 1 saturated heterocycles. The molecule has 0 unspecified atom stereocenters. The first-order valence-corrected chi connectivity index (χ1v) is 6.18. The Kier molecular flexibility index (Phi) is 6.20. The van der Waals surface area contributed by atoms with Crippen molar-refractivity contribution in [1.82, 2.24) is 4.90 Å². The molecule has 1 atom stereocenters. The van der Waals surface area contributed by atoms with Crippen LogP contribution >= 0.6 is 0 Å². The molecule has 0 radical (unpaired) electrons. The van der Waals surface area contributed by atoms with Gasteiger partial charge in [-0.05, 0) is 6.92 Å². The van der Waals surface area contributed by atoms with Gasteiger partial charge in [0.05, 0.1) is 19.8 Å². The molecule has 1 aliphatic heterocycles. The van der Waals surface area contributed by atoms with Crippen LogP contribution in [0.3, 0.4) is 0 Å². The molecule has 0 N–H and O–H groups in total. The zero-order valence-electron chi connectivity index (χ0n) is 10.9. The van der Waals surface area contributed by atoms with E-state index >= 15 is 0 Å². The van der Waals surface area contributed by atoms with Crippen molar-refractivity contribution in [1.29, 1.82) is 0 Å². The fourth-order valence-corrected chi connectivity index (χ4v) is 1.82. The number of morpholine rings is 1. The summed E-state index contributed by atoms with van der Waals surface area (Å²) in [6.07, 6.45) is -0.195. The second kappa shape index (κ2) is 7.67. The van der Waals surface area contributed by atoms with Crippen LogP contribution in [0.4, 0.5) is 0 Å². The summed E-state index contributed by atoms with van der Waals surface area (Å²) in [5.74, 6) is -1.99. The van der Waals surface area contributed by atoms with Crippen molar-refractivity contribution in [3.05, 3.63) is 10.1 Å². The van der Waals surface area contributed by atoms with Crippen LogP contribution < -0.4 is 0 Å². The lowest BCUT2D eigenvalue weighted by molar-refractivity contribution is -0.486. The maximum Gasteiger partial charge on any atom is 0.316 e. The predicted octanol–water partition coefficient (Wildman–Crippen LogP) is -0.309. The molecule has 0 spiro atoms. The maximum absolute atomic E-state index is 11.9. The monoisotopic (exact) mass is 274 g/mol. The fourth-order valence-electron chi connectivity index (χ4n) is 1.82. The first kappa shape index (κ1) is 15.4. The molecule has 0 aromatic rings.